The number of anilines is 1. The van der Waals surface area contributed by atoms with E-state index in [9.17, 15) is 0 Å². The summed E-state index contributed by atoms with van der Waals surface area (Å²) in [7, 11) is 0. The van der Waals surface area contributed by atoms with Gasteiger partial charge in [-0.25, -0.2) is 0 Å². The molecule has 0 spiro atoms. The Morgan fingerprint density at radius 2 is 1.83 bits per heavy atom. The second-order valence-electron chi connectivity index (χ2n) is 5.58. The highest BCUT2D eigenvalue weighted by Gasteiger charge is 2.13. The molecule has 2 N–H and O–H groups in total. The maximum absolute atomic E-state index is 8.68. The zero-order valence-corrected chi connectivity index (χ0v) is 14.8. The molecule has 2 aromatic rings. The van der Waals surface area contributed by atoms with Gasteiger partial charge in [-0.15, -0.1) is 0 Å². The number of hydrogen-bond donors (Lipinski definition) is 2. The molecule has 1 heterocycles. The lowest BCUT2D eigenvalue weighted by Crippen LogP contribution is -2.43. The van der Waals surface area contributed by atoms with Gasteiger partial charge in [0, 0.05) is 32.2 Å². The summed E-state index contributed by atoms with van der Waals surface area (Å²) in [4.78, 5) is 2.26. The third kappa shape index (κ3) is 6.04. The van der Waals surface area contributed by atoms with Gasteiger partial charge < -0.3 is 20.1 Å². The molecule has 0 bridgehead atoms. The second kappa shape index (κ2) is 10.2. The van der Waals surface area contributed by atoms with Crippen LogP contribution in [0.3, 0.4) is 0 Å². The number of ether oxygens (including phenoxy) is 1. The summed E-state index contributed by atoms with van der Waals surface area (Å²) in [6.07, 6.45) is 0. The van der Waals surface area contributed by atoms with Crippen LogP contribution in [-0.2, 0) is 0 Å². The molecule has 0 aromatic heterocycles. The van der Waals surface area contributed by atoms with E-state index in [1.54, 1.807) is 6.07 Å². The SMILES string of the molecule is Cc1ccccc1.OCCOc1ccc(N2CCNCC2)c(Cl)c1. The predicted molar refractivity (Wildman–Crippen MR) is 100 cm³/mol. The smallest absolute Gasteiger partial charge is 0.121 e. The fourth-order valence-corrected chi connectivity index (χ4v) is 2.73. The fraction of sp³-hybridized carbons (Fsp3) is 0.368. The molecule has 1 saturated heterocycles. The lowest BCUT2D eigenvalue weighted by molar-refractivity contribution is 0.201. The molecule has 1 aliphatic rings. The average molecular weight is 349 g/mol. The number of nitrogens with zero attached hydrogens (tertiary/aromatic N) is 1. The molecule has 0 radical (unpaired) electrons. The average Bonchev–Trinajstić information content (AvgIpc) is 2.62. The molecule has 130 valence electrons. The van der Waals surface area contributed by atoms with E-state index in [2.05, 4.69) is 29.3 Å². The van der Waals surface area contributed by atoms with Crippen LogP contribution in [0, 0.1) is 6.92 Å². The van der Waals surface area contributed by atoms with E-state index < -0.39 is 0 Å². The van der Waals surface area contributed by atoms with Gasteiger partial charge in [0.1, 0.15) is 12.4 Å². The first kappa shape index (κ1) is 18.6. The van der Waals surface area contributed by atoms with Crippen molar-refractivity contribution in [3.63, 3.8) is 0 Å². The predicted octanol–water partition coefficient (Wildman–Crippen LogP) is 3.12. The summed E-state index contributed by atoms with van der Waals surface area (Å²) in [5.74, 6) is 0.697. The summed E-state index contributed by atoms with van der Waals surface area (Å²) in [6.45, 7) is 6.30. The molecule has 2 aromatic carbocycles. The van der Waals surface area contributed by atoms with E-state index in [4.69, 9.17) is 21.4 Å². The number of rotatable bonds is 4. The van der Waals surface area contributed by atoms with Crippen molar-refractivity contribution < 1.29 is 9.84 Å². The lowest BCUT2D eigenvalue weighted by Gasteiger charge is -2.30. The number of nitrogens with one attached hydrogen (secondary N) is 1. The molecule has 24 heavy (non-hydrogen) atoms. The van der Waals surface area contributed by atoms with E-state index >= 15 is 0 Å². The Morgan fingerprint density at radius 3 is 2.38 bits per heavy atom. The van der Waals surface area contributed by atoms with Crippen molar-refractivity contribution in [3.05, 3.63) is 59.1 Å². The lowest BCUT2D eigenvalue weighted by atomic mass is 10.2. The van der Waals surface area contributed by atoms with Gasteiger partial charge in [0.05, 0.1) is 17.3 Å². The fourth-order valence-electron chi connectivity index (χ4n) is 2.44. The van der Waals surface area contributed by atoms with Crippen LogP contribution >= 0.6 is 11.6 Å². The minimum absolute atomic E-state index is 0.0111. The van der Waals surface area contributed by atoms with Crippen LogP contribution < -0.4 is 15.0 Å². The maximum atomic E-state index is 8.68. The highest BCUT2D eigenvalue weighted by Crippen LogP contribution is 2.30. The van der Waals surface area contributed by atoms with Gasteiger partial charge in [-0.05, 0) is 19.1 Å². The number of aliphatic hydroxyl groups is 1. The van der Waals surface area contributed by atoms with Gasteiger partial charge in [0.15, 0.2) is 0 Å². The summed E-state index contributed by atoms with van der Waals surface area (Å²) >= 11 is 6.24. The Bertz CT molecular complexity index is 602. The first-order valence-corrected chi connectivity index (χ1v) is 8.59. The van der Waals surface area contributed by atoms with Crippen molar-refractivity contribution in [2.45, 2.75) is 6.92 Å². The molecule has 4 nitrogen and oxygen atoms in total. The standard InChI is InChI=1S/C12H17ClN2O2.C7H8/c13-11-9-10(17-8-7-16)1-2-12(11)15-5-3-14-4-6-15;1-7-5-3-2-4-6-7/h1-2,9,14,16H,3-8H2;2-6H,1H3. The molecule has 0 aliphatic carbocycles. The second-order valence-corrected chi connectivity index (χ2v) is 5.98. The molecule has 5 heteroatoms. The molecule has 3 rings (SSSR count). The van der Waals surface area contributed by atoms with Crippen LogP contribution in [0.15, 0.2) is 48.5 Å². The minimum atomic E-state index is 0.0111. The van der Waals surface area contributed by atoms with E-state index in [1.165, 1.54) is 5.56 Å². The van der Waals surface area contributed by atoms with Crippen LogP contribution in [0.4, 0.5) is 5.69 Å². The highest BCUT2D eigenvalue weighted by molar-refractivity contribution is 6.33. The number of aliphatic hydroxyl groups excluding tert-OH is 1. The summed E-state index contributed by atoms with van der Waals surface area (Å²) < 4.78 is 5.31. The van der Waals surface area contributed by atoms with Gasteiger partial charge in [-0.3, -0.25) is 0 Å². The van der Waals surface area contributed by atoms with Crippen LogP contribution in [0.1, 0.15) is 5.56 Å². The Morgan fingerprint density at radius 1 is 1.12 bits per heavy atom. The molecular weight excluding hydrogens is 324 g/mol. The third-order valence-electron chi connectivity index (χ3n) is 3.68. The van der Waals surface area contributed by atoms with E-state index in [0.29, 0.717) is 17.4 Å². The molecule has 1 fully saturated rings. The minimum Gasteiger partial charge on any atom is -0.491 e. The number of aryl methyl sites for hydroxylation is 1. The Labute approximate surface area is 149 Å². The number of benzene rings is 2. The van der Waals surface area contributed by atoms with Gasteiger partial charge in [0.2, 0.25) is 0 Å². The molecule has 0 atom stereocenters. The summed E-state index contributed by atoms with van der Waals surface area (Å²) in [5, 5.41) is 12.7. The number of halogens is 1. The number of hydrogen-bond acceptors (Lipinski definition) is 4. The molecule has 0 saturated carbocycles. The van der Waals surface area contributed by atoms with Crippen molar-refractivity contribution in [2.75, 3.05) is 44.3 Å². The van der Waals surface area contributed by atoms with Gasteiger partial charge >= 0.3 is 0 Å². The summed E-state index contributed by atoms with van der Waals surface area (Å²) in [5.41, 5.74) is 2.37. The van der Waals surface area contributed by atoms with Crippen molar-refractivity contribution in [2.24, 2.45) is 0 Å². The van der Waals surface area contributed by atoms with Gasteiger partial charge in [-0.2, -0.15) is 0 Å². The molecule has 0 unspecified atom stereocenters. The highest BCUT2D eigenvalue weighted by atomic mass is 35.5. The van der Waals surface area contributed by atoms with Crippen LogP contribution in [0.25, 0.3) is 0 Å². The maximum Gasteiger partial charge on any atom is 0.121 e. The third-order valence-corrected chi connectivity index (χ3v) is 3.98. The van der Waals surface area contributed by atoms with Crippen molar-refractivity contribution in [1.82, 2.24) is 5.32 Å². The Kier molecular flexibility index (Phi) is 7.89. The Balaban J connectivity index is 0.000000249. The first-order chi connectivity index (χ1) is 11.7. The quantitative estimate of drug-likeness (QED) is 0.891. The first-order valence-electron chi connectivity index (χ1n) is 8.21. The van der Waals surface area contributed by atoms with Crippen molar-refractivity contribution in [3.8, 4) is 5.75 Å². The topological polar surface area (TPSA) is 44.7 Å². The monoisotopic (exact) mass is 348 g/mol. The van der Waals surface area contributed by atoms with Gasteiger partial charge in [0.25, 0.3) is 0 Å². The van der Waals surface area contributed by atoms with E-state index in [1.807, 2.05) is 30.3 Å². The zero-order valence-electron chi connectivity index (χ0n) is 14.0. The van der Waals surface area contributed by atoms with Crippen molar-refractivity contribution >= 4 is 17.3 Å². The Hall–Kier alpha value is -1.75. The van der Waals surface area contributed by atoms with Crippen LogP contribution in [-0.4, -0.2) is 44.5 Å². The molecule has 1 aliphatic heterocycles. The largest absolute Gasteiger partial charge is 0.491 e. The zero-order chi connectivity index (χ0) is 17.2. The van der Waals surface area contributed by atoms with E-state index in [0.717, 1.165) is 31.9 Å². The summed E-state index contributed by atoms with van der Waals surface area (Å²) in [6, 6.07) is 15.9. The molecular formula is C19H25ClN2O2. The van der Waals surface area contributed by atoms with E-state index in [-0.39, 0.29) is 6.61 Å². The van der Waals surface area contributed by atoms with Crippen LogP contribution in [0.5, 0.6) is 5.75 Å². The molecule has 0 amide bonds. The normalized spacial score (nSPS) is 13.9. The van der Waals surface area contributed by atoms with Gasteiger partial charge in [-0.1, -0.05) is 47.5 Å². The van der Waals surface area contributed by atoms with Crippen LogP contribution in [0.2, 0.25) is 5.02 Å². The number of piperazine rings is 1. The van der Waals surface area contributed by atoms with Crippen molar-refractivity contribution in [1.29, 1.82) is 0 Å².